The van der Waals surface area contributed by atoms with Crippen molar-refractivity contribution in [1.29, 1.82) is 0 Å². The van der Waals surface area contributed by atoms with Gasteiger partial charge in [0.2, 0.25) is 0 Å². The molecule has 2 rings (SSSR count). The maximum absolute atomic E-state index is 5.50. The minimum absolute atomic E-state index is 0.713. The van der Waals surface area contributed by atoms with Crippen LogP contribution in [0.5, 0.6) is 0 Å². The lowest BCUT2D eigenvalue weighted by Crippen LogP contribution is -2.37. The third-order valence-electron chi connectivity index (χ3n) is 2.84. The van der Waals surface area contributed by atoms with Crippen molar-refractivity contribution >= 4 is 11.8 Å². The van der Waals surface area contributed by atoms with Crippen molar-refractivity contribution in [1.82, 2.24) is 0 Å². The molecule has 0 N–H and O–H groups in total. The summed E-state index contributed by atoms with van der Waals surface area (Å²) >= 11 is 2.10. The number of rotatable bonds is 0. The molecule has 0 aromatic heterocycles. The van der Waals surface area contributed by atoms with Gasteiger partial charge in [0, 0.05) is 13.2 Å². The van der Waals surface area contributed by atoms with E-state index in [-0.39, 0.29) is 0 Å². The van der Waals surface area contributed by atoms with E-state index in [9.17, 15) is 0 Å². The molecule has 0 atom stereocenters. The zero-order chi connectivity index (χ0) is 7.57. The van der Waals surface area contributed by atoms with Crippen LogP contribution in [0.3, 0.4) is 0 Å². The summed E-state index contributed by atoms with van der Waals surface area (Å²) in [5.41, 5.74) is 0.713. The first-order valence-electron chi connectivity index (χ1n) is 4.57. The van der Waals surface area contributed by atoms with Crippen LogP contribution in [0.15, 0.2) is 0 Å². The van der Waals surface area contributed by atoms with Gasteiger partial charge in [0.05, 0.1) is 0 Å². The molecule has 2 heterocycles. The number of hydrogen-bond donors (Lipinski definition) is 0. The highest BCUT2D eigenvalue weighted by Gasteiger charge is 2.37. The molecule has 0 bridgehead atoms. The number of thioether (sulfide) groups is 1. The third kappa shape index (κ3) is 1.73. The normalized spacial score (nSPS) is 30.5. The van der Waals surface area contributed by atoms with Gasteiger partial charge >= 0.3 is 0 Å². The van der Waals surface area contributed by atoms with Gasteiger partial charge in [-0.05, 0) is 36.2 Å². The molecule has 2 aliphatic heterocycles. The van der Waals surface area contributed by atoms with E-state index in [1.54, 1.807) is 0 Å². The summed E-state index contributed by atoms with van der Waals surface area (Å²) in [4.78, 5) is 0. The van der Waals surface area contributed by atoms with Crippen LogP contribution in [0.4, 0.5) is 0 Å². The van der Waals surface area contributed by atoms with E-state index < -0.39 is 0 Å². The van der Waals surface area contributed by atoms with Crippen molar-refractivity contribution in [3.8, 4) is 0 Å². The molecule has 2 heteroatoms. The first-order valence-corrected chi connectivity index (χ1v) is 5.72. The summed E-state index contributed by atoms with van der Waals surface area (Å²) < 4.78 is 5.50. The van der Waals surface area contributed by atoms with Gasteiger partial charge in [-0.3, -0.25) is 0 Å². The van der Waals surface area contributed by atoms with Gasteiger partial charge in [-0.25, -0.2) is 0 Å². The summed E-state index contributed by atoms with van der Waals surface area (Å²) in [5.74, 6) is 2.80. The smallest absolute Gasteiger partial charge is 0.0471 e. The van der Waals surface area contributed by atoms with Crippen molar-refractivity contribution in [3.05, 3.63) is 0 Å². The monoisotopic (exact) mass is 172 g/mol. The Balaban J connectivity index is 1.86. The van der Waals surface area contributed by atoms with E-state index in [0.29, 0.717) is 5.41 Å². The molecule has 11 heavy (non-hydrogen) atoms. The summed E-state index contributed by atoms with van der Waals surface area (Å²) in [5, 5.41) is 0. The van der Waals surface area contributed by atoms with Crippen LogP contribution in [0.25, 0.3) is 0 Å². The van der Waals surface area contributed by atoms with Gasteiger partial charge in [0.15, 0.2) is 0 Å². The molecule has 0 aromatic rings. The predicted octanol–water partition coefficient (Wildman–Crippen LogP) is 2.31. The zero-order valence-electron chi connectivity index (χ0n) is 6.97. The van der Waals surface area contributed by atoms with Crippen molar-refractivity contribution in [2.75, 3.05) is 24.7 Å². The molecule has 0 radical (unpaired) electrons. The van der Waals surface area contributed by atoms with E-state index in [0.717, 1.165) is 13.2 Å². The topological polar surface area (TPSA) is 9.23 Å². The van der Waals surface area contributed by atoms with Gasteiger partial charge in [0.25, 0.3) is 0 Å². The van der Waals surface area contributed by atoms with Gasteiger partial charge < -0.3 is 4.74 Å². The Morgan fingerprint density at radius 2 is 1.91 bits per heavy atom. The Morgan fingerprint density at radius 1 is 1.00 bits per heavy atom. The van der Waals surface area contributed by atoms with Gasteiger partial charge in [-0.2, -0.15) is 11.8 Å². The van der Waals surface area contributed by atoms with Gasteiger partial charge in [-0.15, -0.1) is 0 Å². The molecule has 0 unspecified atom stereocenters. The van der Waals surface area contributed by atoms with Crippen LogP contribution in [-0.4, -0.2) is 24.7 Å². The average Bonchev–Trinajstić information content (AvgIpc) is 1.82. The second kappa shape index (κ2) is 3.36. The van der Waals surface area contributed by atoms with E-state index in [2.05, 4.69) is 11.8 Å². The lowest BCUT2D eigenvalue weighted by Gasteiger charge is -2.42. The Labute approximate surface area is 72.9 Å². The molecule has 0 aromatic carbocycles. The molecule has 0 amide bonds. The standard InChI is InChI=1S/C9H16OS/c1-2-5-10-6-4-9(3-1)7-11-8-9/h1-8H2. The van der Waals surface area contributed by atoms with Gasteiger partial charge in [-0.1, -0.05) is 6.42 Å². The fourth-order valence-corrected chi connectivity index (χ4v) is 3.26. The molecule has 0 saturated carbocycles. The van der Waals surface area contributed by atoms with Crippen LogP contribution in [0.1, 0.15) is 25.7 Å². The first-order chi connectivity index (χ1) is 5.41. The average molecular weight is 172 g/mol. The Kier molecular flexibility index (Phi) is 2.42. The summed E-state index contributed by atoms with van der Waals surface area (Å²) in [6.07, 6.45) is 5.45. The molecule has 1 spiro atoms. The SMILES string of the molecule is C1CCC2(CCOC1)CSC2. The minimum atomic E-state index is 0.713. The van der Waals surface area contributed by atoms with Crippen molar-refractivity contribution in [2.24, 2.45) is 5.41 Å². The molecular weight excluding hydrogens is 156 g/mol. The highest BCUT2D eigenvalue weighted by atomic mass is 32.2. The van der Waals surface area contributed by atoms with Crippen molar-refractivity contribution < 1.29 is 4.74 Å². The summed E-state index contributed by atoms with van der Waals surface area (Å²) in [7, 11) is 0. The second-order valence-electron chi connectivity index (χ2n) is 3.81. The van der Waals surface area contributed by atoms with E-state index in [4.69, 9.17) is 4.74 Å². The van der Waals surface area contributed by atoms with Crippen LogP contribution in [0, 0.1) is 5.41 Å². The second-order valence-corrected chi connectivity index (χ2v) is 4.80. The zero-order valence-corrected chi connectivity index (χ0v) is 7.79. The molecule has 64 valence electrons. The maximum Gasteiger partial charge on any atom is 0.0471 e. The van der Waals surface area contributed by atoms with Crippen LogP contribution in [-0.2, 0) is 4.74 Å². The highest BCUT2D eigenvalue weighted by molar-refractivity contribution is 8.00. The maximum atomic E-state index is 5.50. The van der Waals surface area contributed by atoms with E-state index in [1.807, 2.05) is 0 Å². The third-order valence-corrected chi connectivity index (χ3v) is 4.47. The van der Waals surface area contributed by atoms with Crippen molar-refractivity contribution in [2.45, 2.75) is 25.7 Å². The summed E-state index contributed by atoms with van der Waals surface area (Å²) in [6, 6.07) is 0. The minimum Gasteiger partial charge on any atom is -0.381 e. The number of hydrogen-bond acceptors (Lipinski definition) is 2. The van der Waals surface area contributed by atoms with Crippen LogP contribution < -0.4 is 0 Å². The lowest BCUT2D eigenvalue weighted by molar-refractivity contribution is 0.0776. The van der Waals surface area contributed by atoms with Crippen LogP contribution >= 0.6 is 11.8 Å². The van der Waals surface area contributed by atoms with Crippen LogP contribution in [0.2, 0.25) is 0 Å². The largest absolute Gasteiger partial charge is 0.381 e. The molecular formula is C9H16OS. The predicted molar refractivity (Wildman–Crippen MR) is 49.0 cm³/mol. The molecule has 2 fully saturated rings. The molecule has 0 aliphatic carbocycles. The van der Waals surface area contributed by atoms with E-state index >= 15 is 0 Å². The molecule has 2 aliphatic rings. The fourth-order valence-electron chi connectivity index (χ4n) is 1.90. The Morgan fingerprint density at radius 3 is 2.64 bits per heavy atom. The molecule has 1 nitrogen and oxygen atoms in total. The number of ether oxygens (including phenoxy) is 1. The molecule has 2 saturated heterocycles. The lowest BCUT2D eigenvalue weighted by atomic mass is 9.82. The first kappa shape index (κ1) is 7.93. The fraction of sp³-hybridized carbons (Fsp3) is 1.00. The van der Waals surface area contributed by atoms with E-state index in [1.165, 1.54) is 37.2 Å². The van der Waals surface area contributed by atoms with Gasteiger partial charge in [0.1, 0.15) is 0 Å². The Hall–Kier alpha value is 0.310. The quantitative estimate of drug-likeness (QED) is 0.554. The highest BCUT2D eigenvalue weighted by Crippen LogP contribution is 2.45. The van der Waals surface area contributed by atoms with Crippen molar-refractivity contribution in [3.63, 3.8) is 0 Å². The summed E-state index contributed by atoms with van der Waals surface area (Å²) in [6.45, 7) is 2.02. The Bertz CT molecular complexity index is 122.